The number of ether oxygens (including phenoxy) is 1. The number of benzene rings is 3. The molecule has 0 spiro atoms. The highest BCUT2D eigenvalue weighted by Gasteiger charge is 2.34. The number of nitrogens with one attached hydrogen (secondary N) is 1. The van der Waals surface area contributed by atoms with Crippen molar-refractivity contribution in [2.75, 3.05) is 12.1 Å². The Morgan fingerprint density at radius 1 is 1.03 bits per heavy atom. The van der Waals surface area contributed by atoms with Gasteiger partial charge in [0.15, 0.2) is 5.70 Å². The Morgan fingerprint density at radius 3 is 2.47 bits per heavy atom. The van der Waals surface area contributed by atoms with Crippen LogP contribution in [0.25, 0.3) is 0 Å². The van der Waals surface area contributed by atoms with Crippen molar-refractivity contribution in [2.45, 2.75) is 12.5 Å². The van der Waals surface area contributed by atoms with Gasteiger partial charge in [0, 0.05) is 11.4 Å². The second-order valence-electron chi connectivity index (χ2n) is 7.31. The monoisotopic (exact) mass is 446 g/mol. The first kappa shape index (κ1) is 20.2. The molecule has 2 aliphatic heterocycles. The van der Waals surface area contributed by atoms with Crippen LogP contribution in [-0.2, 0) is 9.63 Å². The number of carbonyl (C=O) groups is 1. The first-order valence-electron chi connectivity index (χ1n) is 10.0. The molecule has 2 heterocycles. The zero-order chi connectivity index (χ0) is 22.1. The average Bonchev–Trinajstić information content (AvgIpc) is 3.10. The van der Waals surface area contributed by atoms with E-state index in [1.54, 1.807) is 12.1 Å². The van der Waals surface area contributed by atoms with Crippen LogP contribution in [0.5, 0.6) is 5.75 Å². The van der Waals surface area contributed by atoms with E-state index in [2.05, 4.69) is 5.59 Å². The van der Waals surface area contributed by atoms with Gasteiger partial charge in [0.25, 0.3) is 0 Å². The minimum atomic E-state index is -0.506. The van der Waals surface area contributed by atoms with Crippen LogP contribution in [0.1, 0.15) is 18.0 Å². The van der Waals surface area contributed by atoms with Crippen LogP contribution in [-0.4, -0.2) is 13.1 Å². The Labute approximate surface area is 189 Å². The first-order valence-corrected chi connectivity index (χ1v) is 10.4. The van der Waals surface area contributed by atoms with Gasteiger partial charge < -0.3 is 9.57 Å². The van der Waals surface area contributed by atoms with E-state index in [0.717, 1.165) is 10.9 Å². The lowest BCUT2D eigenvalue weighted by Crippen LogP contribution is -2.29. The molecular weight excluding hydrogens is 428 g/mol. The topological polar surface area (TPSA) is 75.5 Å². The van der Waals surface area contributed by atoms with Crippen molar-refractivity contribution >= 4 is 23.3 Å². The van der Waals surface area contributed by atoms with Crippen molar-refractivity contribution in [3.05, 3.63) is 105 Å². The third-order valence-corrected chi connectivity index (χ3v) is 5.58. The van der Waals surface area contributed by atoms with Crippen LogP contribution in [0.3, 0.4) is 0 Å². The van der Waals surface area contributed by atoms with Gasteiger partial charge in [-0.1, -0.05) is 41.5 Å². The van der Waals surface area contributed by atoms with E-state index < -0.39 is 5.97 Å². The van der Waals surface area contributed by atoms with Crippen molar-refractivity contribution < 1.29 is 14.4 Å². The lowest BCUT2D eigenvalue weighted by Gasteiger charge is -2.19. The van der Waals surface area contributed by atoms with Gasteiger partial charge in [-0.2, -0.15) is 0 Å². The van der Waals surface area contributed by atoms with Crippen molar-refractivity contribution in [1.82, 2.24) is 5.59 Å². The number of carbonyl (C=O) groups excluding carboxylic acids is 1. The molecule has 2 aliphatic rings. The van der Waals surface area contributed by atoms with E-state index in [0.29, 0.717) is 39.6 Å². The summed E-state index contributed by atoms with van der Waals surface area (Å²) in [6.07, 6.45) is 0.412. The van der Waals surface area contributed by atoms with E-state index in [9.17, 15) is 4.79 Å². The molecule has 32 heavy (non-hydrogen) atoms. The van der Waals surface area contributed by atoms with E-state index >= 15 is 0 Å². The first-order chi connectivity index (χ1) is 15.6. The molecule has 3 aromatic rings. The Balaban J connectivity index is 1.66. The standard InChI is InChI=1S/C24H19ClN4O3/c1-31-18-12-10-17(11-13-18)29-23(24(30)32-28-29)22-14-21(15-6-8-16(25)9-7-15)26-19-4-2-3-5-20(19)27-22/h2-13,21,28H,14H2,1H3. The molecule has 5 rings (SSSR count). The number of halogens is 1. The van der Waals surface area contributed by atoms with Gasteiger partial charge in [-0.05, 0) is 54.1 Å². The highest BCUT2D eigenvalue weighted by atomic mass is 35.5. The molecule has 1 fully saturated rings. The Morgan fingerprint density at radius 2 is 1.75 bits per heavy atom. The summed E-state index contributed by atoms with van der Waals surface area (Å²) < 4.78 is 5.23. The number of hydrazine groups is 1. The fourth-order valence-corrected chi connectivity index (χ4v) is 3.84. The predicted octanol–water partition coefficient (Wildman–Crippen LogP) is 3.43. The number of anilines is 1. The van der Waals surface area contributed by atoms with Crippen LogP contribution in [0, 0.1) is 0 Å². The fourth-order valence-electron chi connectivity index (χ4n) is 3.71. The van der Waals surface area contributed by atoms with E-state index in [1.807, 2.05) is 72.8 Å². The largest absolute Gasteiger partial charge is 0.497 e. The van der Waals surface area contributed by atoms with Crippen LogP contribution >= 0.6 is 11.6 Å². The van der Waals surface area contributed by atoms with Gasteiger partial charge in [0.05, 0.1) is 35.3 Å². The summed E-state index contributed by atoms with van der Waals surface area (Å²) in [6, 6.07) is 22.2. The molecule has 0 aliphatic carbocycles. The van der Waals surface area contributed by atoms with Gasteiger partial charge in [-0.25, -0.2) is 14.8 Å². The van der Waals surface area contributed by atoms with Crippen LogP contribution in [0.4, 0.5) is 5.69 Å². The van der Waals surface area contributed by atoms with E-state index in [-0.39, 0.29) is 6.04 Å². The molecule has 160 valence electrons. The second kappa shape index (κ2) is 8.45. The zero-order valence-corrected chi connectivity index (χ0v) is 17.9. The molecule has 0 aromatic heterocycles. The maximum Gasteiger partial charge on any atom is 0.378 e. The molecule has 3 aromatic carbocycles. The summed E-state index contributed by atoms with van der Waals surface area (Å²) >= 11 is 6.08. The lowest BCUT2D eigenvalue weighted by molar-refractivity contribution is -0.140. The summed E-state index contributed by atoms with van der Waals surface area (Å²) in [5.41, 5.74) is 5.28. The summed E-state index contributed by atoms with van der Waals surface area (Å²) in [5, 5.41) is 3.70. The third kappa shape index (κ3) is 3.84. The Bertz CT molecular complexity index is 1320. The van der Waals surface area contributed by atoms with Crippen LogP contribution < -0.4 is 26.0 Å². The van der Waals surface area contributed by atoms with Crippen molar-refractivity contribution in [3.8, 4) is 5.75 Å². The molecular formula is C24H19ClN4O3. The van der Waals surface area contributed by atoms with Crippen molar-refractivity contribution in [3.63, 3.8) is 0 Å². The molecule has 1 saturated heterocycles. The lowest BCUT2D eigenvalue weighted by atomic mass is 10.0. The normalized spacial score (nSPS) is 20.0. The highest BCUT2D eigenvalue weighted by Crippen LogP contribution is 2.33. The number of hydrogen-bond acceptors (Lipinski definition) is 7. The van der Waals surface area contributed by atoms with Crippen molar-refractivity contribution in [2.24, 2.45) is 9.98 Å². The maximum atomic E-state index is 12.8. The van der Waals surface area contributed by atoms with Gasteiger partial charge in [0.1, 0.15) is 5.75 Å². The number of nitrogens with zero attached hydrogens (tertiary/aromatic N) is 3. The Kier molecular flexibility index (Phi) is 5.34. The third-order valence-electron chi connectivity index (χ3n) is 5.32. The zero-order valence-electron chi connectivity index (χ0n) is 17.2. The molecule has 1 atom stereocenters. The smallest absolute Gasteiger partial charge is 0.378 e. The maximum absolute atomic E-state index is 12.8. The van der Waals surface area contributed by atoms with Gasteiger partial charge in [0.2, 0.25) is 0 Å². The van der Waals surface area contributed by atoms with Gasteiger partial charge >= 0.3 is 5.97 Å². The molecule has 1 N–H and O–H groups in total. The fraction of sp³-hybridized carbons (Fsp3) is 0.125. The summed E-state index contributed by atoms with van der Waals surface area (Å²) in [7, 11) is 1.60. The molecule has 0 saturated carbocycles. The number of rotatable bonds is 3. The van der Waals surface area contributed by atoms with E-state index in [1.165, 1.54) is 0 Å². The summed E-state index contributed by atoms with van der Waals surface area (Å²) in [4.78, 5) is 27.7. The molecule has 8 heteroatoms. The second-order valence-corrected chi connectivity index (χ2v) is 7.75. The Hall–Kier alpha value is -3.68. The molecule has 0 radical (unpaired) electrons. The van der Waals surface area contributed by atoms with E-state index in [4.69, 9.17) is 31.2 Å². The number of para-hydroxylation sites is 2. The SMILES string of the molecule is COc1ccc(N2NOC(=O)C2=C2CC(c3ccc(Cl)cc3)N=c3ccccc3=N2)cc1. The minimum absolute atomic E-state index is 0.242. The van der Waals surface area contributed by atoms with Gasteiger partial charge in [-0.3, -0.25) is 4.99 Å². The molecule has 1 unspecified atom stereocenters. The summed E-state index contributed by atoms with van der Waals surface area (Å²) in [5.74, 6) is 0.206. The molecule has 0 amide bonds. The highest BCUT2D eigenvalue weighted by molar-refractivity contribution is 6.30. The summed E-state index contributed by atoms with van der Waals surface area (Å²) in [6.45, 7) is 0. The predicted molar refractivity (Wildman–Crippen MR) is 119 cm³/mol. The average molecular weight is 447 g/mol. The van der Waals surface area contributed by atoms with Crippen LogP contribution in [0.2, 0.25) is 5.02 Å². The molecule has 7 nitrogen and oxygen atoms in total. The minimum Gasteiger partial charge on any atom is -0.497 e. The number of fused-ring (bicyclic) bond motifs is 1. The number of methoxy groups -OCH3 is 1. The quantitative estimate of drug-likeness (QED) is 0.624. The van der Waals surface area contributed by atoms with Gasteiger partial charge in [-0.15, -0.1) is 0 Å². The van der Waals surface area contributed by atoms with Crippen LogP contribution in [0.15, 0.2) is 94.2 Å². The number of hydrogen-bond donors (Lipinski definition) is 1. The van der Waals surface area contributed by atoms with Crippen molar-refractivity contribution in [1.29, 1.82) is 0 Å². The molecule has 0 bridgehead atoms.